The van der Waals surface area contributed by atoms with E-state index in [0.29, 0.717) is 31.9 Å². The molecule has 0 saturated heterocycles. The van der Waals surface area contributed by atoms with Crippen molar-refractivity contribution < 1.29 is 23.1 Å². The van der Waals surface area contributed by atoms with E-state index in [2.05, 4.69) is 34.9 Å². The quantitative estimate of drug-likeness (QED) is 0.336. The van der Waals surface area contributed by atoms with Gasteiger partial charge in [-0.05, 0) is 97.7 Å². The van der Waals surface area contributed by atoms with E-state index in [9.17, 15) is 18.3 Å². The number of rotatable bonds is 10. The van der Waals surface area contributed by atoms with Crippen LogP contribution in [-0.2, 0) is 21.9 Å². The molecule has 1 aliphatic heterocycles. The number of fused-ring (bicyclic) bond motifs is 3. The highest BCUT2D eigenvalue weighted by atomic mass is 35.5. The lowest BCUT2D eigenvalue weighted by Crippen LogP contribution is -2.49. The fraction of sp³-hybridized carbons (Fsp3) is 0.485. The second kappa shape index (κ2) is 12.4. The predicted octanol–water partition coefficient (Wildman–Crippen LogP) is 5.66. The Hall–Kier alpha value is -2.81. The number of benzene rings is 2. The molecule has 5 atom stereocenters. The summed E-state index contributed by atoms with van der Waals surface area (Å²) in [6, 6.07) is 11.3. The summed E-state index contributed by atoms with van der Waals surface area (Å²) in [4.78, 5) is 15.5. The second-order valence-corrected chi connectivity index (χ2v) is 14.6. The maximum Gasteiger partial charge on any atom is 0.264 e. The van der Waals surface area contributed by atoms with Crippen molar-refractivity contribution in [2.45, 2.75) is 57.0 Å². The highest BCUT2D eigenvalue weighted by Crippen LogP contribution is 2.46. The van der Waals surface area contributed by atoms with Crippen molar-refractivity contribution in [3.63, 3.8) is 0 Å². The summed E-state index contributed by atoms with van der Waals surface area (Å²) in [5.74, 6) is 0.0487. The summed E-state index contributed by atoms with van der Waals surface area (Å²) in [5, 5.41) is 11.3. The molecule has 0 aromatic heterocycles. The Balaban J connectivity index is 1.48. The maximum atomic E-state index is 13.2. The van der Waals surface area contributed by atoms with Crippen LogP contribution in [0, 0.1) is 17.8 Å². The van der Waals surface area contributed by atoms with Gasteiger partial charge in [-0.15, -0.1) is 13.2 Å². The van der Waals surface area contributed by atoms with Gasteiger partial charge in [0.15, 0.2) is 0 Å². The number of aliphatic hydroxyl groups is 1. The first-order valence-corrected chi connectivity index (χ1v) is 16.8. The van der Waals surface area contributed by atoms with E-state index < -0.39 is 22.0 Å². The third-order valence-corrected chi connectivity index (χ3v) is 11.0. The SMILES string of the molecule is C=CC[C@@H](C)CS(=O)(=O)NC(=O)c1ccc2c(c1)N(C[C@@H]1CC[C@H]1[C@H](O)C=C)C[C@@]1(CCCc3cc(Cl)ccc31)CO2. The summed E-state index contributed by atoms with van der Waals surface area (Å²) >= 11 is 6.37. The lowest BCUT2D eigenvalue weighted by molar-refractivity contribution is 0.0460. The molecular formula is C33H41ClN2O5S. The van der Waals surface area contributed by atoms with E-state index in [1.165, 1.54) is 11.1 Å². The third-order valence-electron chi connectivity index (χ3n) is 9.23. The smallest absolute Gasteiger partial charge is 0.264 e. The number of nitrogens with one attached hydrogen (secondary N) is 1. The fourth-order valence-corrected chi connectivity index (χ4v) is 8.52. The number of anilines is 1. The van der Waals surface area contributed by atoms with Gasteiger partial charge in [0.1, 0.15) is 5.75 Å². The number of carbonyl (C=O) groups excluding carboxylic acids is 1. The topological polar surface area (TPSA) is 95.9 Å². The summed E-state index contributed by atoms with van der Waals surface area (Å²) in [5.41, 5.74) is 3.22. The Morgan fingerprint density at radius 1 is 1.26 bits per heavy atom. The van der Waals surface area contributed by atoms with Crippen molar-refractivity contribution in [3.05, 3.63) is 83.4 Å². The van der Waals surface area contributed by atoms with Crippen LogP contribution in [0.4, 0.5) is 5.69 Å². The number of amides is 1. The van der Waals surface area contributed by atoms with Crippen LogP contribution in [-0.4, -0.2) is 51.0 Å². The van der Waals surface area contributed by atoms with E-state index in [4.69, 9.17) is 16.3 Å². The number of hydrogen-bond donors (Lipinski definition) is 2. The monoisotopic (exact) mass is 612 g/mol. The third kappa shape index (κ3) is 6.41. The van der Waals surface area contributed by atoms with Gasteiger partial charge in [-0.3, -0.25) is 4.79 Å². The van der Waals surface area contributed by atoms with Crippen LogP contribution in [0.3, 0.4) is 0 Å². The number of aryl methyl sites for hydroxylation is 1. The first-order valence-electron chi connectivity index (χ1n) is 14.8. The van der Waals surface area contributed by atoms with Crippen LogP contribution in [0.2, 0.25) is 5.02 Å². The molecule has 2 aliphatic carbocycles. The van der Waals surface area contributed by atoms with E-state index in [1.807, 2.05) is 13.0 Å². The molecule has 1 fully saturated rings. The first kappa shape index (κ1) is 30.6. The Morgan fingerprint density at radius 3 is 2.79 bits per heavy atom. The van der Waals surface area contributed by atoms with E-state index >= 15 is 0 Å². The molecule has 2 N–H and O–H groups in total. The van der Waals surface area contributed by atoms with Crippen LogP contribution in [0.5, 0.6) is 5.75 Å². The minimum absolute atomic E-state index is 0.123. The molecular weight excluding hydrogens is 572 g/mol. The van der Waals surface area contributed by atoms with Crippen molar-refractivity contribution >= 4 is 33.2 Å². The van der Waals surface area contributed by atoms with Crippen LogP contribution in [0.25, 0.3) is 0 Å². The molecule has 0 unspecified atom stereocenters. The molecule has 1 spiro atoms. The van der Waals surface area contributed by atoms with Gasteiger partial charge in [-0.2, -0.15) is 0 Å². The molecule has 7 nitrogen and oxygen atoms in total. The number of hydrogen-bond acceptors (Lipinski definition) is 6. The molecule has 2 aromatic carbocycles. The van der Waals surface area contributed by atoms with Crippen molar-refractivity contribution in [1.29, 1.82) is 0 Å². The van der Waals surface area contributed by atoms with Crippen molar-refractivity contribution in [2.75, 3.05) is 30.3 Å². The Kier molecular flexibility index (Phi) is 9.07. The number of sulfonamides is 1. The van der Waals surface area contributed by atoms with Crippen molar-refractivity contribution in [2.24, 2.45) is 17.8 Å². The summed E-state index contributed by atoms with van der Waals surface area (Å²) < 4.78 is 34.2. The zero-order valence-electron chi connectivity index (χ0n) is 24.2. The van der Waals surface area contributed by atoms with Gasteiger partial charge in [0.25, 0.3) is 5.91 Å². The normalized spacial score (nSPS) is 24.7. The van der Waals surface area contributed by atoms with E-state index in [-0.39, 0.29) is 34.5 Å². The van der Waals surface area contributed by atoms with Crippen molar-refractivity contribution in [1.82, 2.24) is 4.72 Å². The van der Waals surface area contributed by atoms with Gasteiger partial charge < -0.3 is 14.7 Å². The molecule has 226 valence electrons. The second-order valence-electron chi connectivity index (χ2n) is 12.4. The molecule has 0 radical (unpaired) electrons. The average molecular weight is 613 g/mol. The highest BCUT2D eigenvalue weighted by Gasteiger charge is 2.44. The molecule has 0 bridgehead atoms. The van der Waals surface area contributed by atoms with E-state index in [0.717, 1.165) is 42.8 Å². The number of allylic oxidation sites excluding steroid dienone is 1. The Morgan fingerprint density at radius 2 is 2.07 bits per heavy atom. The lowest BCUT2D eigenvalue weighted by Gasteiger charge is -2.45. The zero-order valence-corrected chi connectivity index (χ0v) is 25.8. The summed E-state index contributed by atoms with van der Waals surface area (Å²) in [6.45, 7) is 11.1. The molecule has 5 rings (SSSR count). The van der Waals surface area contributed by atoms with Crippen LogP contribution in [0.15, 0.2) is 61.7 Å². The van der Waals surface area contributed by atoms with Crippen LogP contribution >= 0.6 is 11.6 Å². The molecule has 42 heavy (non-hydrogen) atoms. The molecule has 1 heterocycles. The zero-order chi connectivity index (χ0) is 30.1. The van der Waals surface area contributed by atoms with Crippen LogP contribution in [0.1, 0.15) is 60.5 Å². The van der Waals surface area contributed by atoms with Gasteiger partial charge in [0, 0.05) is 29.1 Å². The van der Waals surface area contributed by atoms with Crippen molar-refractivity contribution in [3.8, 4) is 5.75 Å². The lowest BCUT2D eigenvalue weighted by atomic mass is 9.68. The number of aliphatic hydroxyl groups excluding tert-OH is 1. The molecule has 2 aromatic rings. The first-order chi connectivity index (χ1) is 20.0. The van der Waals surface area contributed by atoms with Gasteiger partial charge >= 0.3 is 0 Å². The predicted molar refractivity (Wildman–Crippen MR) is 168 cm³/mol. The van der Waals surface area contributed by atoms with Gasteiger partial charge in [0.2, 0.25) is 10.0 Å². The number of carbonyl (C=O) groups is 1. The van der Waals surface area contributed by atoms with E-state index in [1.54, 1.807) is 30.4 Å². The number of nitrogens with zero attached hydrogens (tertiary/aromatic N) is 1. The van der Waals surface area contributed by atoms with Gasteiger partial charge in [-0.25, -0.2) is 13.1 Å². The highest BCUT2D eigenvalue weighted by molar-refractivity contribution is 7.90. The summed E-state index contributed by atoms with van der Waals surface area (Å²) in [6.07, 6.45) is 8.11. The molecule has 1 amide bonds. The average Bonchev–Trinajstić information content (AvgIpc) is 3.07. The van der Waals surface area contributed by atoms with Crippen LogP contribution < -0.4 is 14.4 Å². The Bertz CT molecular complexity index is 1460. The molecule has 1 saturated carbocycles. The fourth-order valence-electron chi connectivity index (χ4n) is 6.95. The van der Waals surface area contributed by atoms with Gasteiger partial charge in [0.05, 0.1) is 24.2 Å². The Labute approximate surface area is 254 Å². The minimum atomic E-state index is -3.83. The minimum Gasteiger partial charge on any atom is -0.490 e. The largest absolute Gasteiger partial charge is 0.490 e. The summed E-state index contributed by atoms with van der Waals surface area (Å²) in [7, 11) is -3.83. The van der Waals surface area contributed by atoms with Gasteiger partial charge in [-0.1, -0.05) is 36.7 Å². The molecule has 3 aliphatic rings. The maximum absolute atomic E-state index is 13.2. The number of halogens is 1. The molecule has 9 heteroatoms. The number of ether oxygens (including phenoxy) is 1. The standard InChI is InChI=1S/C33H41ClN2O5S/c1-4-7-22(3)19-42(39,40)35-32(38)24-10-14-31-29(17-24)36(18-25-9-12-27(25)30(37)5-2)20-33(21-41-31)15-6-8-23-16-26(34)11-13-28(23)33/h4-5,10-11,13-14,16-17,22,25,27,30,37H,1-2,6-9,12,15,18-21H2,3H3,(H,35,38)/t22-,25+,27-,30-,33+/m1/s1.